The van der Waals surface area contributed by atoms with Gasteiger partial charge in [-0.1, -0.05) is 0 Å². The lowest BCUT2D eigenvalue weighted by Crippen LogP contribution is -2.56. The number of H-pyrrole nitrogens is 1. The van der Waals surface area contributed by atoms with E-state index in [1.807, 2.05) is 0 Å². The number of ether oxygens (including phenoxy) is 1. The highest BCUT2D eigenvalue weighted by atomic mass is 32.2. The van der Waals surface area contributed by atoms with E-state index in [0.29, 0.717) is 18.8 Å². The fourth-order valence-corrected chi connectivity index (χ4v) is 4.93. The van der Waals surface area contributed by atoms with Crippen LogP contribution >= 0.6 is 11.8 Å². The number of aliphatic imine (C=N–C) groups is 1. The summed E-state index contributed by atoms with van der Waals surface area (Å²) in [5.74, 6) is 0.0540. The second-order valence-corrected chi connectivity index (χ2v) is 7.77. The normalized spacial score (nSPS) is 25.6. The molecule has 4 aliphatic heterocycles. The molecular formula is C17H16N4O4S. The number of amides is 2. The Labute approximate surface area is 153 Å². The second kappa shape index (κ2) is 5.82. The van der Waals surface area contributed by atoms with Crippen molar-refractivity contribution in [3.8, 4) is 0 Å². The first kappa shape index (κ1) is 15.8. The SMILES string of the molecule is O=C1N=C(C(=O)N2CC(O)C2)C2=C3C(=C(c4cn[nH]c4)SC13)OCCC2. The van der Waals surface area contributed by atoms with Crippen molar-refractivity contribution >= 4 is 34.2 Å². The number of nitrogens with one attached hydrogen (secondary N) is 1. The molecule has 8 nitrogen and oxygen atoms in total. The topological polar surface area (TPSA) is 108 Å². The van der Waals surface area contributed by atoms with Gasteiger partial charge < -0.3 is 14.7 Å². The molecule has 0 bridgehead atoms. The van der Waals surface area contributed by atoms with Crippen LogP contribution in [0, 0.1) is 0 Å². The van der Waals surface area contributed by atoms with Gasteiger partial charge in [-0.3, -0.25) is 14.7 Å². The summed E-state index contributed by atoms with van der Waals surface area (Å²) in [6.45, 7) is 1.09. The predicted octanol–water partition coefficient (Wildman–Crippen LogP) is 0.485. The van der Waals surface area contributed by atoms with Crippen LogP contribution in [0.25, 0.3) is 4.91 Å². The Hall–Kier alpha value is -2.39. The average Bonchev–Trinajstić information content (AvgIpc) is 3.19. The Morgan fingerprint density at radius 2 is 2.27 bits per heavy atom. The summed E-state index contributed by atoms with van der Waals surface area (Å²) in [7, 11) is 0. The zero-order chi connectivity index (χ0) is 17.8. The van der Waals surface area contributed by atoms with E-state index in [9.17, 15) is 14.7 Å². The number of aromatic nitrogens is 2. The van der Waals surface area contributed by atoms with Gasteiger partial charge in [0, 0.05) is 30.4 Å². The number of hydrogen-bond donors (Lipinski definition) is 2. The van der Waals surface area contributed by atoms with Crippen molar-refractivity contribution in [3.63, 3.8) is 0 Å². The van der Waals surface area contributed by atoms with Crippen molar-refractivity contribution in [2.75, 3.05) is 19.7 Å². The number of hydrogen-bond acceptors (Lipinski definition) is 6. The van der Waals surface area contributed by atoms with Crippen LogP contribution < -0.4 is 0 Å². The summed E-state index contributed by atoms with van der Waals surface area (Å²) in [5, 5.41) is 15.8. The maximum absolute atomic E-state index is 12.8. The number of likely N-dealkylation sites (tertiary alicyclic amines) is 1. The van der Waals surface area contributed by atoms with Gasteiger partial charge >= 0.3 is 0 Å². The zero-order valence-electron chi connectivity index (χ0n) is 13.8. The molecule has 2 amide bonds. The first-order valence-electron chi connectivity index (χ1n) is 8.50. The maximum Gasteiger partial charge on any atom is 0.273 e. The third-order valence-electron chi connectivity index (χ3n) is 4.94. The van der Waals surface area contributed by atoms with Gasteiger partial charge in [0.2, 0.25) is 0 Å². The van der Waals surface area contributed by atoms with E-state index in [4.69, 9.17) is 4.74 Å². The molecule has 1 aromatic rings. The van der Waals surface area contributed by atoms with Crippen LogP contribution in [0.1, 0.15) is 18.4 Å². The van der Waals surface area contributed by atoms with Gasteiger partial charge in [-0.2, -0.15) is 5.10 Å². The zero-order valence-corrected chi connectivity index (χ0v) is 14.6. The molecule has 1 aromatic heterocycles. The summed E-state index contributed by atoms with van der Waals surface area (Å²) in [4.78, 5) is 32.0. The van der Waals surface area contributed by atoms with E-state index in [1.54, 1.807) is 12.4 Å². The molecular weight excluding hydrogens is 356 g/mol. The monoisotopic (exact) mass is 372 g/mol. The van der Waals surface area contributed by atoms with E-state index >= 15 is 0 Å². The van der Waals surface area contributed by atoms with Crippen LogP contribution in [0.3, 0.4) is 0 Å². The van der Waals surface area contributed by atoms with E-state index in [2.05, 4.69) is 15.2 Å². The number of thioether (sulfide) groups is 1. The summed E-state index contributed by atoms with van der Waals surface area (Å²) in [6.07, 6.45) is 4.36. The van der Waals surface area contributed by atoms with Gasteiger partial charge in [0.05, 0.1) is 23.8 Å². The number of aliphatic hydroxyl groups is 1. The molecule has 0 aromatic carbocycles. The van der Waals surface area contributed by atoms with E-state index in [-0.39, 0.29) is 30.6 Å². The molecule has 1 fully saturated rings. The average molecular weight is 372 g/mol. The molecule has 4 aliphatic rings. The standard InChI is InChI=1S/C17H16N4O4S/c22-9-6-21(7-9)17(24)12-10-2-1-3-25-13-11(10)15(16(23)20-12)26-14(13)8-4-18-19-5-8/h4-5,9,15,22H,1-3,6-7H2,(H,18,19). The van der Waals surface area contributed by atoms with Gasteiger partial charge in [-0.15, -0.1) is 11.8 Å². The number of dihydropyridines is 1. The molecule has 9 heteroatoms. The number of rotatable bonds is 2. The molecule has 0 saturated carbocycles. The van der Waals surface area contributed by atoms with Crippen molar-refractivity contribution < 1.29 is 19.4 Å². The number of carbonyl (C=O) groups is 2. The Morgan fingerprint density at radius 3 is 3.00 bits per heavy atom. The van der Waals surface area contributed by atoms with Crippen LogP contribution in [0.15, 0.2) is 34.3 Å². The molecule has 1 unspecified atom stereocenters. The van der Waals surface area contributed by atoms with Crippen molar-refractivity contribution in [1.82, 2.24) is 15.1 Å². The first-order valence-corrected chi connectivity index (χ1v) is 9.38. The molecule has 0 radical (unpaired) electrons. The Bertz CT molecular complexity index is 896. The van der Waals surface area contributed by atoms with Crippen molar-refractivity contribution in [3.05, 3.63) is 34.9 Å². The summed E-state index contributed by atoms with van der Waals surface area (Å²) < 4.78 is 5.98. The molecule has 0 aliphatic carbocycles. The second-order valence-electron chi connectivity index (χ2n) is 6.65. The van der Waals surface area contributed by atoms with Gasteiger partial charge in [-0.25, -0.2) is 4.99 Å². The number of β-amino-alcohol motifs (C(OH)–C–C–N with tert-alkyl or cyclic N) is 1. The highest BCUT2D eigenvalue weighted by molar-refractivity contribution is 8.10. The van der Waals surface area contributed by atoms with Crippen LogP contribution in [0.4, 0.5) is 0 Å². The van der Waals surface area contributed by atoms with E-state index < -0.39 is 11.4 Å². The van der Waals surface area contributed by atoms with Crippen molar-refractivity contribution in [2.45, 2.75) is 24.2 Å². The minimum Gasteiger partial charge on any atom is -0.492 e. The summed E-state index contributed by atoms with van der Waals surface area (Å²) in [5.41, 5.74) is 2.66. The number of carbonyl (C=O) groups excluding carboxylic acids is 2. The number of nitrogens with zero attached hydrogens (tertiary/aromatic N) is 3. The predicted molar refractivity (Wildman–Crippen MR) is 94.1 cm³/mol. The Morgan fingerprint density at radius 1 is 1.42 bits per heavy atom. The molecule has 134 valence electrons. The van der Waals surface area contributed by atoms with Gasteiger partial charge in [-0.05, 0) is 18.4 Å². The lowest BCUT2D eigenvalue weighted by atomic mass is 9.91. The molecule has 1 atom stereocenters. The maximum atomic E-state index is 12.8. The largest absolute Gasteiger partial charge is 0.492 e. The summed E-state index contributed by atoms with van der Waals surface area (Å²) in [6, 6.07) is 0. The van der Waals surface area contributed by atoms with E-state index in [1.165, 1.54) is 16.7 Å². The number of aromatic amines is 1. The third-order valence-corrected chi connectivity index (χ3v) is 6.27. The minimum absolute atomic E-state index is 0.213. The van der Waals surface area contributed by atoms with Crippen LogP contribution in [-0.4, -0.2) is 68.8 Å². The van der Waals surface area contributed by atoms with Crippen molar-refractivity contribution in [1.29, 1.82) is 0 Å². The molecule has 0 spiro atoms. The van der Waals surface area contributed by atoms with Gasteiger partial charge in [0.25, 0.3) is 11.8 Å². The van der Waals surface area contributed by atoms with Crippen LogP contribution in [0.2, 0.25) is 0 Å². The van der Waals surface area contributed by atoms with Crippen LogP contribution in [0.5, 0.6) is 0 Å². The number of allylic oxidation sites excluding steroid dienone is 1. The van der Waals surface area contributed by atoms with Crippen molar-refractivity contribution in [2.24, 2.45) is 4.99 Å². The summed E-state index contributed by atoms with van der Waals surface area (Å²) >= 11 is 1.40. The fraction of sp³-hybridized carbons (Fsp3) is 0.412. The quantitative estimate of drug-likeness (QED) is 0.782. The lowest BCUT2D eigenvalue weighted by molar-refractivity contribution is -0.134. The Balaban J connectivity index is 1.61. The number of aliphatic hydroxyl groups excluding tert-OH is 1. The van der Waals surface area contributed by atoms with E-state index in [0.717, 1.165) is 28.0 Å². The Kier molecular flexibility index (Phi) is 3.54. The molecule has 5 heterocycles. The molecule has 26 heavy (non-hydrogen) atoms. The highest BCUT2D eigenvalue weighted by Gasteiger charge is 2.46. The minimum atomic E-state index is -0.494. The molecule has 2 N–H and O–H groups in total. The van der Waals surface area contributed by atoms with Gasteiger partial charge in [0.1, 0.15) is 16.7 Å². The molecule has 5 rings (SSSR count). The van der Waals surface area contributed by atoms with Crippen LogP contribution in [-0.2, 0) is 14.3 Å². The molecule has 1 saturated heterocycles. The lowest BCUT2D eigenvalue weighted by Gasteiger charge is -2.36. The third kappa shape index (κ3) is 2.27. The first-order chi connectivity index (χ1) is 12.6. The smallest absolute Gasteiger partial charge is 0.273 e. The fourth-order valence-electron chi connectivity index (χ4n) is 3.65. The highest BCUT2D eigenvalue weighted by Crippen LogP contribution is 2.51. The van der Waals surface area contributed by atoms with Gasteiger partial charge in [0.15, 0.2) is 0 Å².